The van der Waals surface area contributed by atoms with Crippen LogP contribution in [0, 0.1) is 23.0 Å². The largest absolute Gasteiger partial charge is 0.335 e. The molecule has 1 aliphatic rings. The molecule has 1 saturated heterocycles. The number of rotatable bonds is 4. The number of nitriles is 1. The van der Waals surface area contributed by atoms with Crippen LogP contribution in [-0.2, 0) is 0 Å². The lowest BCUT2D eigenvalue weighted by atomic mass is 10.1. The summed E-state index contributed by atoms with van der Waals surface area (Å²) < 4.78 is 26.3. The Bertz CT molecular complexity index is 1070. The number of aromatic nitrogens is 1. The van der Waals surface area contributed by atoms with Gasteiger partial charge in [0.1, 0.15) is 28.4 Å². The molecule has 0 radical (unpaired) electrons. The van der Waals surface area contributed by atoms with Gasteiger partial charge in [-0.15, -0.1) is 11.3 Å². The third kappa shape index (κ3) is 4.22. The maximum atomic E-state index is 13.2. The second-order valence-electron chi connectivity index (χ2n) is 6.96. The first-order valence-electron chi connectivity index (χ1n) is 9.45. The molecule has 5 nitrogen and oxygen atoms in total. The van der Waals surface area contributed by atoms with Crippen molar-refractivity contribution >= 4 is 17.2 Å². The topological polar surface area (TPSA) is 60.2 Å². The number of carbonyl (C=O) groups excluding carboxylic acids is 1. The summed E-state index contributed by atoms with van der Waals surface area (Å²) in [5.74, 6) is -0.815. The van der Waals surface area contributed by atoms with Crippen molar-refractivity contribution in [3.05, 3.63) is 76.8 Å². The Morgan fingerprint density at radius 3 is 2.20 bits per heavy atom. The molecule has 4 rings (SSSR count). The molecule has 0 aliphatic carbocycles. The van der Waals surface area contributed by atoms with Crippen LogP contribution in [0.4, 0.5) is 8.78 Å². The lowest BCUT2D eigenvalue weighted by Gasteiger charge is -2.36. The predicted molar refractivity (Wildman–Crippen MR) is 110 cm³/mol. The maximum Gasteiger partial charge on any atom is 0.273 e. The van der Waals surface area contributed by atoms with Crippen molar-refractivity contribution in [1.82, 2.24) is 14.8 Å². The van der Waals surface area contributed by atoms with Crippen molar-refractivity contribution < 1.29 is 13.6 Å². The zero-order chi connectivity index (χ0) is 21.1. The summed E-state index contributed by atoms with van der Waals surface area (Å²) in [4.78, 5) is 21.0. The van der Waals surface area contributed by atoms with Gasteiger partial charge in [0.2, 0.25) is 0 Å². The summed E-state index contributed by atoms with van der Waals surface area (Å²) in [7, 11) is 0. The first kappa shape index (κ1) is 20.1. The van der Waals surface area contributed by atoms with Crippen LogP contribution in [0.5, 0.6) is 0 Å². The molecule has 1 amide bonds. The van der Waals surface area contributed by atoms with Gasteiger partial charge < -0.3 is 4.90 Å². The van der Waals surface area contributed by atoms with Gasteiger partial charge in [-0.25, -0.2) is 13.8 Å². The maximum absolute atomic E-state index is 13.2. The number of thiazole rings is 1. The monoisotopic (exact) mass is 424 g/mol. The van der Waals surface area contributed by atoms with E-state index in [2.05, 4.69) is 11.1 Å². The highest BCUT2D eigenvalue weighted by Gasteiger charge is 2.28. The molecule has 0 bridgehead atoms. The zero-order valence-corrected chi connectivity index (χ0v) is 16.8. The standard InChI is InChI=1S/C22H18F2N4OS/c23-17-5-1-15(2-6-17)20(13-25)27-9-11-28(12-10-27)22(29)19-14-30-21(26-19)16-3-7-18(24)8-4-16/h1-8,14,20H,9-12H2. The van der Waals surface area contributed by atoms with Crippen LogP contribution in [0.3, 0.4) is 0 Å². The first-order chi connectivity index (χ1) is 14.5. The van der Waals surface area contributed by atoms with E-state index in [1.54, 1.807) is 34.5 Å². The van der Waals surface area contributed by atoms with Gasteiger partial charge in [-0.1, -0.05) is 12.1 Å². The van der Waals surface area contributed by atoms with Gasteiger partial charge >= 0.3 is 0 Å². The molecule has 3 aromatic rings. The van der Waals surface area contributed by atoms with Gasteiger partial charge in [0, 0.05) is 37.1 Å². The van der Waals surface area contributed by atoms with E-state index >= 15 is 0 Å². The zero-order valence-electron chi connectivity index (χ0n) is 16.0. The van der Waals surface area contributed by atoms with Gasteiger partial charge in [-0.05, 0) is 42.0 Å². The molecule has 2 heterocycles. The van der Waals surface area contributed by atoms with Crippen molar-refractivity contribution in [2.75, 3.05) is 26.2 Å². The molecule has 0 spiro atoms. The molecule has 2 aromatic carbocycles. The smallest absolute Gasteiger partial charge is 0.273 e. The number of hydrogen-bond acceptors (Lipinski definition) is 5. The molecule has 1 unspecified atom stereocenters. The minimum atomic E-state index is -0.479. The van der Waals surface area contributed by atoms with E-state index in [0.717, 1.165) is 11.1 Å². The fourth-order valence-corrected chi connectivity index (χ4v) is 4.25. The minimum Gasteiger partial charge on any atom is -0.335 e. The van der Waals surface area contributed by atoms with Crippen LogP contribution >= 0.6 is 11.3 Å². The summed E-state index contributed by atoms with van der Waals surface area (Å²) in [5, 5.41) is 12.0. The molecule has 0 saturated carbocycles. The van der Waals surface area contributed by atoms with Crippen molar-refractivity contribution in [1.29, 1.82) is 5.26 Å². The average Bonchev–Trinajstić information content (AvgIpc) is 3.26. The van der Waals surface area contributed by atoms with Gasteiger partial charge in [0.15, 0.2) is 0 Å². The van der Waals surface area contributed by atoms with Crippen molar-refractivity contribution in [3.8, 4) is 16.6 Å². The van der Waals surface area contributed by atoms with Gasteiger partial charge in [-0.3, -0.25) is 9.69 Å². The highest BCUT2D eigenvalue weighted by Crippen LogP contribution is 2.26. The van der Waals surface area contributed by atoms with Gasteiger partial charge in [0.05, 0.1) is 6.07 Å². The lowest BCUT2D eigenvalue weighted by molar-refractivity contribution is 0.0601. The fraction of sp³-hybridized carbons (Fsp3) is 0.227. The quantitative estimate of drug-likeness (QED) is 0.632. The van der Waals surface area contributed by atoms with E-state index in [1.165, 1.54) is 35.6 Å². The van der Waals surface area contributed by atoms with Gasteiger partial charge in [0.25, 0.3) is 5.91 Å². The van der Waals surface area contributed by atoms with Crippen molar-refractivity contribution in [3.63, 3.8) is 0 Å². The Labute approximate surface area is 176 Å². The number of amides is 1. The molecule has 30 heavy (non-hydrogen) atoms. The van der Waals surface area contributed by atoms with Crippen LogP contribution < -0.4 is 0 Å². The van der Waals surface area contributed by atoms with Gasteiger partial charge in [-0.2, -0.15) is 5.26 Å². The Morgan fingerprint density at radius 1 is 1.00 bits per heavy atom. The van der Waals surface area contributed by atoms with E-state index in [-0.39, 0.29) is 17.5 Å². The second-order valence-corrected chi connectivity index (χ2v) is 7.81. The fourth-order valence-electron chi connectivity index (χ4n) is 3.45. The Morgan fingerprint density at radius 2 is 1.60 bits per heavy atom. The lowest BCUT2D eigenvalue weighted by Crippen LogP contribution is -2.49. The summed E-state index contributed by atoms with van der Waals surface area (Å²) in [6.45, 7) is 2.02. The Kier molecular flexibility index (Phi) is 5.84. The SMILES string of the molecule is N#CC(c1ccc(F)cc1)N1CCN(C(=O)c2csc(-c3ccc(F)cc3)n2)CC1. The number of hydrogen-bond donors (Lipinski definition) is 0. The van der Waals surface area contributed by atoms with Crippen molar-refractivity contribution in [2.45, 2.75) is 6.04 Å². The Balaban J connectivity index is 1.40. The van der Waals surface area contributed by atoms with E-state index in [0.29, 0.717) is 36.9 Å². The number of nitrogens with zero attached hydrogens (tertiary/aromatic N) is 4. The van der Waals surface area contributed by atoms with Crippen LogP contribution in [0.25, 0.3) is 10.6 Å². The first-order valence-corrected chi connectivity index (χ1v) is 10.3. The molecule has 1 aromatic heterocycles. The molecule has 8 heteroatoms. The number of carbonyl (C=O) groups is 1. The van der Waals surface area contributed by atoms with Crippen molar-refractivity contribution in [2.24, 2.45) is 0 Å². The van der Waals surface area contributed by atoms with Crippen LogP contribution in [-0.4, -0.2) is 46.9 Å². The van der Waals surface area contributed by atoms with Crippen LogP contribution in [0.1, 0.15) is 22.1 Å². The van der Waals surface area contributed by atoms with E-state index < -0.39 is 6.04 Å². The summed E-state index contributed by atoms with van der Waals surface area (Å²) >= 11 is 1.34. The van der Waals surface area contributed by atoms with Crippen LogP contribution in [0.15, 0.2) is 53.9 Å². The summed E-state index contributed by atoms with van der Waals surface area (Å²) in [5.41, 5.74) is 1.87. The molecule has 0 N–H and O–H groups in total. The Hall–Kier alpha value is -3.15. The highest BCUT2D eigenvalue weighted by atomic mass is 32.1. The van der Waals surface area contributed by atoms with E-state index in [9.17, 15) is 18.8 Å². The van der Waals surface area contributed by atoms with E-state index in [4.69, 9.17) is 0 Å². The number of piperazine rings is 1. The van der Waals surface area contributed by atoms with Crippen LogP contribution in [0.2, 0.25) is 0 Å². The molecular formula is C22H18F2N4OS. The summed E-state index contributed by atoms with van der Waals surface area (Å²) in [6.07, 6.45) is 0. The normalized spacial score (nSPS) is 15.6. The third-order valence-corrected chi connectivity index (χ3v) is 5.98. The molecular weight excluding hydrogens is 406 g/mol. The predicted octanol–water partition coefficient (Wildman–Crippen LogP) is 4.11. The third-order valence-electron chi connectivity index (χ3n) is 5.09. The second kappa shape index (κ2) is 8.69. The molecule has 1 atom stereocenters. The highest BCUT2D eigenvalue weighted by molar-refractivity contribution is 7.13. The number of benzene rings is 2. The minimum absolute atomic E-state index is 0.158. The van der Waals surface area contributed by atoms with E-state index in [1.807, 2.05) is 4.90 Å². The average molecular weight is 424 g/mol. The molecule has 152 valence electrons. The number of halogens is 2. The molecule has 1 fully saturated rings. The molecule has 1 aliphatic heterocycles. The summed E-state index contributed by atoms with van der Waals surface area (Å²) in [6, 6.07) is 13.7.